The molecule has 4 rings (SSSR count). The molecule has 0 bridgehead atoms. The topological polar surface area (TPSA) is 66.5 Å². The third kappa shape index (κ3) is 3.60. The number of hydrogen-bond acceptors (Lipinski definition) is 4. The van der Waals surface area contributed by atoms with Gasteiger partial charge in [-0.05, 0) is 47.0 Å². The number of para-hydroxylation sites is 1. The van der Waals surface area contributed by atoms with Gasteiger partial charge >= 0.3 is 0 Å². The minimum Gasteiger partial charge on any atom is -0.370 e. The maximum absolute atomic E-state index is 4.53. The average molecular weight is 408 g/mol. The Balaban J connectivity index is 1.50. The summed E-state index contributed by atoms with van der Waals surface area (Å²) in [6.45, 7) is 2.70. The van der Waals surface area contributed by atoms with Crippen LogP contribution in [0.25, 0.3) is 22.2 Å². The highest BCUT2D eigenvalue weighted by molar-refractivity contribution is 9.10. The summed E-state index contributed by atoms with van der Waals surface area (Å²) in [5.74, 6) is 1.56. The van der Waals surface area contributed by atoms with Crippen molar-refractivity contribution in [3.8, 4) is 11.3 Å². The van der Waals surface area contributed by atoms with Crippen LogP contribution in [0.15, 0.2) is 59.5 Å². The molecule has 0 radical (unpaired) electrons. The van der Waals surface area contributed by atoms with Crippen LogP contribution in [0.5, 0.6) is 0 Å². The van der Waals surface area contributed by atoms with Crippen molar-refractivity contribution in [3.05, 3.63) is 70.8 Å². The first-order valence-electron chi connectivity index (χ1n) is 8.44. The number of pyridine rings is 1. The smallest absolute Gasteiger partial charge is 0.130 e. The van der Waals surface area contributed by atoms with Gasteiger partial charge in [0.15, 0.2) is 0 Å². The predicted octanol–water partition coefficient (Wildman–Crippen LogP) is 4.75. The van der Waals surface area contributed by atoms with Crippen molar-refractivity contribution in [2.75, 3.05) is 11.9 Å². The lowest BCUT2D eigenvalue weighted by Gasteiger charge is -2.09. The number of anilines is 1. The molecule has 0 amide bonds. The van der Waals surface area contributed by atoms with Crippen LogP contribution in [-0.4, -0.2) is 26.5 Å². The molecule has 0 saturated carbocycles. The lowest BCUT2D eigenvalue weighted by molar-refractivity contribution is 0.988. The zero-order valence-corrected chi connectivity index (χ0v) is 15.9. The Labute approximate surface area is 160 Å². The van der Waals surface area contributed by atoms with E-state index in [0.29, 0.717) is 0 Å². The molecule has 5 nitrogen and oxygen atoms in total. The number of benzene rings is 1. The molecule has 0 saturated heterocycles. The minimum atomic E-state index is 0.733. The van der Waals surface area contributed by atoms with Crippen LogP contribution in [-0.2, 0) is 6.42 Å². The van der Waals surface area contributed by atoms with Gasteiger partial charge in [-0.1, -0.05) is 18.2 Å². The molecule has 1 aromatic carbocycles. The van der Waals surface area contributed by atoms with E-state index < -0.39 is 0 Å². The van der Waals surface area contributed by atoms with Crippen LogP contribution >= 0.6 is 15.9 Å². The quantitative estimate of drug-likeness (QED) is 0.501. The number of rotatable bonds is 5. The second-order valence-electron chi connectivity index (χ2n) is 6.11. The van der Waals surface area contributed by atoms with Gasteiger partial charge in [-0.25, -0.2) is 9.97 Å². The summed E-state index contributed by atoms with van der Waals surface area (Å²) in [4.78, 5) is 16.6. The SMILES string of the molecule is Cc1nc(NCCc2c[nH]c3ccccc23)cc(-c2cncc(Br)c2)n1. The molecule has 0 aliphatic rings. The highest BCUT2D eigenvalue weighted by atomic mass is 79.9. The highest BCUT2D eigenvalue weighted by Gasteiger charge is 2.07. The number of fused-ring (bicyclic) bond motifs is 1. The van der Waals surface area contributed by atoms with Crippen LogP contribution < -0.4 is 5.32 Å². The normalized spacial score (nSPS) is 11.0. The molecule has 2 N–H and O–H groups in total. The summed E-state index contributed by atoms with van der Waals surface area (Å²) >= 11 is 3.46. The first-order valence-corrected chi connectivity index (χ1v) is 9.24. The van der Waals surface area contributed by atoms with Crippen molar-refractivity contribution in [2.24, 2.45) is 0 Å². The zero-order valence-electron chi connectivity index (χ0n) is 14.3. The standard InChI is InChI=1S/C20H18BrN5/c1-13-25-19(15-8-16(21)12-22-10-15)9-20(26-13)23-7-6-14-11-24-18-5-3-2-4-17(14)18/h2-5,8-12,24H,6-7H2,1H3,(H,23,25,26). The number of halogens is 1. The molecule has 3 aromatic heterocycles. The summed E-state index contributed by atoms with van der Waals surface area (Å²) in [6, 6.07) is 12.3. The second kappa shape index (κ2) is 7.25. The van der Waals surface area contributed by atoms with Crippen LogP contribution in [0.1, 0.15) is 11.4 Å². The van der Waals surface area contributed by atoms with E-state index in [1.165, 1.54) is 16.5 Å². The van der Waals surface area contributed by atoms with E-state index in [0.717, 1.165) is 40.3 Å². The second-order valence-corrected chi connectivity index (χ2v) is 7.03. The summed E-state index contributed by atoms with van der Waals surface area (Å²) < 4.78 is 0.931. The van der Waals surface area contributed by atoms with Crippen molar-refractivity contribution in [1.29, 1.82) is 0 Å². The number of H-pyrrole nitrogens is 1. The van der Waals surface area contributed by atoms with Gasteiger partial charge in [0.25, 0.3) is 0 Å². The molecule has 130 valence electrons. The summed E-state index contributed by atoms with van der Waals surface area (Å²) in [5.41, 5.74) is 4.30. The first-order chi connectivity index (χ1) is 12.7. The van der Waals surface area contributed by atoms with Crippen molar-refractivity contribution in [2.45, 2.75) is 13.3 Å². The molecule has 0 aliphatic heterocycles. The van der Waals surface area contributed by atoms with E-state index in [-0.39, 0.29) is 0 Å². The number of aromatic nitrogens is 4. The fourth-order valence-corrected chi connectivity index (χ4v) is 3.39. The van der Waals surface area contributed by atoms with Crippen molar-refractivity contribution in [1.82, 2.24) is 19.9 Å². The van der Waals surface area contributed by atoms with Gasteiger partial charge in [-0.15, -0.1) is 0 Å². The molecule has 3 heterocycles. The van der Waals surface area contributed by atoms with Gasteiger partial charge in [0.1, 0.15) is 11.6 Å². The molecule has 0 unspecified atom stereocenters. The van der Waals surface area contributed by atoms with Gasteiger partial charge in [0, 0.05) is 52.1 Å². The number of nitrogens with one attached hydrogen (secondary N) is 2. The molecule has 0 atom stereocenters. The van der Waals surface area contributed by atoms with E-state index in [4.69, 9.17) is 0 Å². The molecule has 0 fully saturated rings. The third-order valence-electron chi connectivity index (χ3n) is 4.21. The monoisotopic (exact) mass is 407 g/mol. The maximum Gasteiger partial charge on any atom is 0.130 e. The van der Waals surface area contributed by atoms with E-state index >= 15 is 0 Å². The third-order valence-corrected chi connectivity index (χ3v) is 4.65. The van der Waals surface area contributed by atoms with Crippen molar-refractivity contribution < 1.29 is 0 Å². The Hall–Kier alpha value is -2.73. The highest BCUT2D eigenvalue weighted by Crippen LogP contribution is 2.22. The van der Waals surface area contributed by atoms with Gasteiger partial charge in [-0.3, -0.25) is 4.98 Å². The Morgan fingerprint density at radius 2 is 2.00 bits per heavy atom. The average Bonchev–Trinajstić information content (AvgIpc) is 3.05. The van der Waals surface area contributed by atoms with E-state index in [2.05, 4.69) is 65.6 Å². The minimum absolute atomic E-state index is 0.733. The van der Waals surface area contributed by atoms with E-state index in [1.54, 1.807) is 6.20 Å². The fraction of sp³-hybridized carbons (Fsp3) is 0.150. The molecule has 0 aliphatic carbocycles. The van der Waals surface area contributed by atoms with Gasteiger partial charge in [0.05, 0.1) is 5.69 Å². The molecule has 4 aromatic rings. The molecule has 26 heavy (non-hydrogen) atoms. The van der Waals surface area contributed by atoms with E-state index in [9.17, 15) is 0 Å². The van der Waals surface area contributed by atoms with E-state index in [1.807, 2.05) is 31.3 Å². The summed E-state index contributed by atoms with van der Waals surface area (Å²) in [7, 11) is 0. The molecular formula is C20H18BrN5. The number of nitrogens with zero attached hydrogens (tertiary/aromatic N) is 3. The number of hydrogen-bond donors (Lipinski definition) is 2. The van der Waals surface area contributed by atoms with Crippen LogP contribution in [0.2, 0.25) is 0 Å². The lowest BCUT2D eigenvalue weighted by Crippen LogP contribution is -2.07. The van der Waals surface area contributed by atoms with Crippen LogP contribution in [0.3, 0.4) is 0 Å². The molecule has 0 spiro atoms. The Morgan fingerprint density at radius 3 is 2.88 bits per heavy atom. The number of aromatic amines is 1. The van der Waals surface area contributed by atoms with Crippen LogP contribution in [0, 0.1) is 6.92 Å². The Bertz CT molecular complexity index is 1060. The van der Waals surface area contributed by atoms with Gasteiger partial charge in [0.2, 0.25) is 0 Å². The predicted molar refractivity (Wildman–Crippen MR) is 108 cm³/mol. The van der Waals surface area contributed by atoms with Crippen molar-refractivity contribution >= 4 is 32.7 Å². The van der Waals surface area contributed by atoms with Gasteiger partial charge in [-0.2, -0.15) is 0 Å². The Kier molecular flexibility index (Phi) is 4.67. The maximum atomic E-state index is 4.53. The van der Waals surface area contributed by atoms with Gasteiger partial charge < -0.3 is 10.3 Å². The first kappa shape index (κ1) is 16.7. The summed E-state index contributed by atoms with van der Waals surface area (Å²) in [6.07, 6.45) is 6.57. The van der Waals surface area contributed by atoms with Crippen LogP contribution in [0.4, 0.5) is 5.82 Å². The lowest BCUT2D eigenvalue weighted by atomic mass is 10.1. The Morgan fingerprint density at radius 1 is 1.12 bits per heavy atom. The molecular weight excluding hydrogens is 390 g/mol. The summed E-state index contributed by atoms with van der Waals surface area (Å²) in [5, 5.41) is 4.69. The largest absolute Gasteiger partial charge is 0.370 e. The molecule has 6 heteroatoms. The number of aryl methyl sites for hydroxylation is 1. The fourth-order valence-electron chi connectivity index (χ4n) is 3.02. The van der Waals surface area contributed by atoms with Crippen molar-refractivity contribution in [3.63, 3.8) is 0 Å². The zero-order chi connectivity index (χ0) is 17.9.